The molecule has 0 fully saturated rings. The monoisotopic (exact) mass is 278 g/mol. The summed E-state index contributed by atoms with van der Waals surface area (Å²) >= 11 is 0. The summed E-state index contributed by atoms with van der Waals surface area (Å²) in [5, 5.41) is 7.00. The van der Waals surface area contributed by atoms with Gasteiger partial charge in [0.25, 0.3) is 0 Å². The van der Waals surface area contributed by atoms with Gasteiger partial charge in [0, 0.05) is 11.3 Å². The number of nitrogens with zero attached hydrogens (tertiary/aromatic N) is 1. The van der Waals surface area contributed by atoms with Crippen LogP contribution in [0.2, 0.25) is 0 Å². The first-order valence-corrected chi connectivity index (χ1v) is 6.67. The molecule has 0 amide bonds. The zero-order valence-corrected chi connectivity index (χ0v) is 11.3. The average molecular weight is 278 g/mol. The fourth-order valence-corrected chi connectivity index (χ4v) is 2.11. The highest BCUT2D eigenvalue weighted by Gasteiger charge is 2.31. The Balaban J connectivity index is 1.74. The van der Waals surface area contributed by atoms with E-state index in [0.29, 0.717) is 5.71 Å². The molecule has 0 aliphatic carbocycles. The Kier molecular flexibility index (Phi) is 3.78. The number of carbonyl (C=O) groups excluding carboxylic acids is 1. The van der Waals surface area contributed by atoms with Gasteiger partial charge in [-0.2, -0.15) is 0 Å². The van der Waals surface area contributed by atoms with Gasteiger partial charge in [-0.3, -0.25) is 0 Å². The molecule has 2 aromatic carbocycles. The third-order valence-electron chi connectivity index (χ3n) is 3.16. The van der Waals surface area contributed by atoms with Crippen LogP contribution in [-0.4, -0.2) is 11.7 Å². The maximum Gasteiger partial charge on any atom is 0.347 e. The molecule has 0 aromatic heterocycles. The van der Waals surface area contributed by atoms with E-state index in [0.717, 1.165) is 11.3 Å². The predicted molar refractivity (Wildman–Crippen MR) is 81.8 cm³/mol. The number of benzene rings is 2. The lowest BCUT2D eigenvalue weighted by Gasteiger charge is -2.05. The quantitative estimate of drug-likeness (QED) is 0.874. The molecule has 1 aliphatic heterocycles. The number of para-hydroxylation sites is 1. The third kappa shape index (κ3) is 3.00. The van der Waals surface area contributed by atoms with E-state index < -0.39 is 5.92 Å². The highest BCUT2D eigenvalue weighted by molar-refractivity contribution is 6.15. The Hall–Kier alpha value is -2.88. The maximum absolute atomic E-state index is 11.8. The van der Waals surface area contributed by atoms with Crippen molar-refractivity contribution in [1.29, 1.82) is 0 Å². The number of hydrogen-bond acceptors (Lipinski definition) is 4. The smallest absolute Gasteiger partial charge is 0.347 e. The van der Waals surface area contributed by atoms with Crippen molar-refractivity contribution >= 4 is 17.4 Å². The lowest BCUT2D eigenvalue weighted by atomic mass is 9.97. The minimum absolute atomic E-state index is 0.361. The van der Waals surface area contributed by atoms with E-state index >= 15 is 0 Å². The molecule has 3 rings (SSSR count). The van der Waals surface area contributed by atoms with Crippen molar-refractivity contribution in [3.8, 4) is 0 Å². The van der Waals surface area contributed by atoms with Crippen molar-refractivity contribution in [1.82, 2.24) is 0 Å². The van der Waals surface area contributed by atoms with Crippen molar-refractivity contribution in [2.24, 2.45) is 11.1 Å². The second-order valence-corrected chi connectivity index (χ2v) is 4.60. The minimum Gasteiger partial charge on any atom is -0.362 e. The summed E-state index contributed by atoms with van der Waals surface area (Å²) in [7, 11) is 0. The van der Waals surface area contributed by atoms with E-state index in [1.165, 1.54) is 0 Å². The third-order valence-corrected chi connectivity index (χ3v) is 3.16. The van der Waals surface area contributed by atoms with Gasteiger partial charge < -0.3 is 10.2 Å². The molecule has 0 saturated heterocycles. The van der Waals surface area contributed by atoms with Gasteiger partial charge in [-0.25, -0.2) is 4.79 Å². The van der Waals surface area contributed by atoms with Crippen molar-refractivity contribution < 1.29 is 9.63 Å². The molecule has 0 spiro atoms. The second kappa shape index (κ2) is 6.05. The maximum atomic E-state index is 11.8. The van der Waals surface area contributed by atoms with E-state index in [1.54, 1.807) is 12.3 Å². The van der Waals surface area contributed by atoms with Crippen LogP contribution in [0.15, 0.2) is 78.1 Å². The van der Waals surface area contributed by atoms with Gasteiger partial charge in [0.15, 0.2) is 0 Å². The zero-order valence-electron chi connectivity index (χ0n) is 11.3. The van der Waals surface area contributed by atoms with Crippen LogP contribution in [0.3, 0.4) is 0 Å². The molecule has 104 valence electrons. The largest absolute Gasteiger partial charge is 0.362 e. The van der Waals surface area contributed by atoms with E-state index in [-0.39, 0.29) is 5.97 Å². The number of hydrogen-bond donors (Lipinski definition) is 1. The van der Waals surface area contributed by atoms with Crippen LogP contribution < -0.4 is 5.32 Å². The highest BCUT2D eigenvalue weighted by Crippen LogP contribution is 2.19. The summed E-state index contributed by atoms with van der Waals surface area (Å²) in [5.41, 5.74) is 2.47. The summed E-state index contributed by atoms with van der Waals surface area (Å²) in [4.78, 5) is 16.6. The van der Waals surface area contributed by atoms with Gasteiger partial charge >= 0.3 is 5.97 Å². The molecule has 1 unspecified atom stereocenters. The molecule has 4 nitrogen and oxygen atoms in total. The van der Waals surface area contributed by atoms with Crippen molar-refractivity contribution in [3.05, 3.63) is 78.5 Å². The van der Waals surface area contributed by atoms with Gasteiger partial charge in [-0.05, 0) is 24.4 Å². The highest BCUT2D eigenvalue weighted by atomic mass is 16.7. The summed E-state index contributed by atoms with van der Waals surface area (Å²) in [6.45, 7) is 0. The van der Waals surface area contributed by atoms with Crippen molar-refractivity contribution in [2.75, 3.05) is 5.32 Å². The Morgan fingerprint density at radius 3 is 2.38 bits per heavy atom. The van der Waals surface area contributed by atoms with Gasteiger partial charge in [0.1, 0.15) is 11.6 Å². The van der Waals surface area contributed by atoms with Crippen molar-refractivity contribution in [2.45, 2.75) is 0 Å². The van der Waals surface area contributed by atoms with E-state index in [1.807, 2.05) is 60.7 Å². The molecule has 21 heavy (non-hydrogen) atoms. The van der Waals surface area contributed by atoms with Gasteiger partial charge in [0.05, 0.1) is 0 Å². The summed E-state index contributed by atoms with van der Waals surface area (Å²) < 4.78 is 0. The fraction of sp³-hybridized carbons (Fsp3) is 0.0588. The van der Waals surface area contributed by atoms with Crippen LogP contribution in [-0.2, 0) is 9.63 Å². The molecule has 0 saturated carbocycles. The van der Waals surface area contributed by atoms with E-state index in [9.17, 15) is 4.79 Å². The SMILES string of the molecule is O=C1ON=C(c2ccccc2)C1C=CNc1ccccc1. The molecule has 2 aromatic rings. The lowest BCUT2D eigenvalue weighted by Crippen LogP contribution is -2.17. The number of anilines is 1. The molecule has 1 aliphatic rings. The zero-order chi connectivity index (χ0) is 14.5. The average Bonchev–Trinajstić information content (AvgIpc) is 2.91. The minimum atomic E-state index is -0.483. The summed E-state index contributed by atoms with van der Waals surface area (Å²) in [6, 6.07) is 19.3. The van der Waals surface area contributed by atoms with Gasteiger partial charge in [0.2, 0.25) is 0 Å². The molecular weight excluding hydrogens is 264 g/mol. The standard InChI is InChI=1S/C17H14N2O2/c20-17-15(11-12-18-14-9-5-2-6-10-14)16(19-21-17)13-7-3-1-4-8-13/h1-12,15,18H. The van der Waals surface area contributed by atoms with E-state index in [2.05, 4.69) is 10.5 Å². The van der Waals surface area contributed by atoms with Gasteiger partial charge in [-0.1, -0.05) is 53.7 Å². The normalized spacial score (nSPS) is 17.6. The Bertz CT molecular complexity index is 678. The first kappa shape index (κ1) is 13.1. The second-order valence-electron chi connectivity index (χ2n) is 4.60. The number of rotatable bonds is 4. The Morgan fingerprint density at radius 1 is 1.00 bits per heavy atom. The molecule has 1 heterocycles. The molecular formula is C17H14N2O2. The number of carbonyl (C=O) groups is 1. The Labute approximate surface area is 122 Å². The number of oxime groups is 1. The molecule has 0 radical (unpaired) electrons. The fourth-order valence-electron chi connectivity index (χ4n) is 2.11. The molecule has 1 N–H and O–H groups in total. The van der Waals surface area contributed by atoms with Crippen LogP contribution in [0.5, 0.6) is 0 Å². The summed E-state index contributed by atoms with van der Waals surface area (Å²) in [6.07, 6.45) is 3.50. The summed E-state index contributed by atoms with van der Waals surface area (Å²) in [5.74, 6) is -0.844. The lowest BCUT2D eigenvalue weighted by molar-refractivity contribution is -0.142. The van der Waals surface area contributed by atoms with Crippen LogP contribution in [0.4, 0.5) is 5.69 Å². The van der Waals surface area contributed by atoms with Crippen molar-refractivity contribution in [3.63, 3.8) is 0 Å². The topological polar surface area (TPSA) is 50.7 Å². The van der Waals surface area contributed by atoms with E-state index in [4.69, 9.17) is 4.84 Å². The van der Waals surface area contributed by atoms with Crippen LogP contribution >= 0.6 is 0 Å². The molecule has 1 atom stereocenters. The number of nitrogens with one attached hydrogen (secondary N) is 1. The predicted octanol–water partition coefficient (Wildman–Crippen LogP) is 3.19. The molecule has 0 bridgehead atoms. The first-order chi connectivity index (χ1) is 10.3. The van der Waals surface area contributed by atoms with Gasteiger partial charge in [-0.15, -0.1) is 0 Å². The molecule has 4 heteroatoms. The van der Waals surface area contributed by atoms with Crippen LogP contribution in [0.1, 0.15) is 5.56 Å². The Morgan fingerprint density at radius 2 is 1.67 bits per heavy atom. The first-order valence-electron chi connectivity index (χ1n) is 6.67. The van der Waals surface area contributed by atoms with Crippen LogP contribution in [0.25, 0.3) is 0 Å². The van der Waals surface area contributed by atoms with Crippen LogP contribution in [0, 0.1) is 5.92 Å².